The molecule has 0 aliphatic carbocycles. The summed E-state index contributed by atoms with van der Waals surface area (Å²) < 4.78 is 9.21. The first-order valence-electron chi connectivity index (χ1n) is 1.55. The number of hydrogen-bond acceptors (Lipinski definition) is 4. The zero-order chi connectivity index (χ0) is 5.91. The second-order valence-corrected chi connectivity index (χ2v) is 6.01. The third-order valence-electron chi connectivity index (χ3n) is 0.447. The van der Waals surface area contributed by atoms with Crippen LogP contribution in [0, 0.1) is 0 Å². The van der Waals surface area contributed by atoms with E-state index in [1.807, 2.05) is 0 Å². The van der Waals surface area contributed by atoms with Gasteiger partial charge in [-0.15, -0.1) is 0 Å². The normalized spacial score (nSPS) is 10.4. The zero-order valence-corrected chi connectivity index (χ0v) is 7.85. The van der Waals surface area contributed by atoms with Gasteiger partial charge in [0, 0.05) is 14.2 Å². The SMILES string of the molecule is COP(=S)([S-])OC.[Cu+]. The maximum atomic E-state index is 4.63. The van der Waals surface area contributed by atoms with Gasteiger partial charge in [-0.3, -0.25) is 0 Å². The van der Waals surface area contributed by atoms with Crippen molar-refractivity contribution in [3.63, 3.8) is 0 Å². The van der Waals surface area contributed by atoms with Crippen LogP contribution in [-0.4, -0.2) is 14.2 Å². The van der Waals surface area contributed by atoms with Gasteiger partial charge in [0.15, 0.2) is 0 Å². The summed E-state index contributed by atoms with van der Waals surface area (Å²) >= 11 is 9.25. The number of hydrogen-bond donors (Lipinski definition) is 0. The van der Waals surface area contributed by atoms with Gasteiger partial charge in [0.2, 0.25) is 0 Å². The molecule has 0 unspecified atom stereocenters. The van der Waals surface area contributed by atoms with Crippen LogP contribution >= 0.6 is 5.69 Å². The first-order valence-corrected chi connectivity index (χ1v) is 5.20. The fraction of sp³-hybridized carbons (Fsp3) is 1.00. The molecule has 6 heteroatoms. The molecule has 0 saturated carbocycles. The van der Waals surface area contributed by atoms with Crippen molar-refractivity contribution in [1.29, 1.82) is 0 Å². The van der Waals surface area contributed by atoms with Crippen molar-refractivity contribution in [3.8, 4) is 0 Å². The van der Waals surface area contributed by atoms with Crippen LogP contribution in [0.3, 0.4) is 0 Å². The van der Waals surface area contributed by atoms with Crippen molar-refractivity contribution >= 4 is 29.7 Å². The minimum atomic E-state index is -2.24. The Bertz CT molecular complexity index is 90.0. The van der Waals surface area contributed by atoms with Crippen molar-refractivity contribution in [2.24, 2.45) is 0 Å². The Morgan fingerprint density at radius 2 is 1.62 bits per heavy atom. The van der Waals surface area contributed by atoms with Crippen molar-refractivity contribution < 1.29 is 26.1 Å². The molecule has 8 heavy (non-hydrogen) atoms. The molecule has 0 N–H and O–H groups in total. The van der Waals surface area contributed by atoms with Crippen LogP contribution in [0.2, 0.25) is 0 Å². The van der Waals surface area contributed by atoms with E-state index < -0.39 is 5.69 Å². The van der Waals surface area contributed by atoms with E-state index in [-0.39, 0.29) is 17.1 Å². The molecule has 0 fully saturated rings. The number of rotatable bonds is 2. The second kappa shape index (κ2) is 5.24. The molecule has 0 spiro atoms. The quantitative estimate of drug-likeness (QED) is 0.393. The molecule has 54 valence electrons. The largest absolute Gasteiger partial charge is 1.00 e. The summed E-state index contributed by atoms with van der Waals surface area (Å²) in [6.07, 6.45) is 0. The Labute approximate surface area is 70.1 Å². The van der Waals surface area contributed by atoms with Gasteiger partial charge < -0.3 is 21.3 Å². The van der Waals surface area contributed by atoms with Crippen LogP contribution in [0.5, 0.6) is 0 Å². The van der Waals surface area contributed by atoms with E-state index in [0.717, 1.165) is 0 Å². The molecule has 0 aromatic heterocycles. The van der Waals surface area contributed by atoms with Gasteiger partial charge in [0.25, 0.3) is 0 Å². The van der Waals surface area contributed by atoms with Crippen LogP contribution in [0.25, 0.3) is 0 Å². The monoisotopic (exact) mass is 220 g/mol. The predicted molar refractivity (Wildman–Crippen MR) is 35.7 cm³/mol. The van der Waals surface area contributed by atoms with E-state index in [9.17, 15) is 0 Å². The van der Waals surface area contributed by atoms with E-state index in [1.165, 1.54) is 14.2 Å². The van der Waals surface area contributed by atoms with Crippen LogP contribution in [-0.2, 0) is 50.2 Å². The predicted octanol–water partition coefficient (Wildman–Crippen LogP) is 1.05. The van der Waals surface area contributed by atoms with Gasteiger partial charge in [-0.1, -0.05) is 11.8 Å². The summed E-state index contributed by atoms with van der Waals surface area (Å²) in [6, 6.07) is 0. The molecule has 0 rings (SSSR count). The van der Waals surface area contributed by atoms with E-state index in [0.29, 0.717) is 0 Å². The average Bonchev–Trinajstić information content (AvgIpc) is 1.68. The van der Waals surface area contributed by atoms with E-state index in [4.69, 9.17) is 0 Å². The van der Waals surface area contributed by atoms with Crippen molar-refractivity contribution in [3.05, 3.63) is 0 Å². The summed E-state index contributed by atoms with van der Waals surface area (Å²) in [6.45, 7) is 0. The molecule has 2 nitrogen and oxygen atoms in total. The Hall–Kier alpha value is 1.44. The van der Waals surface area contributed by atoms with Crippen LogP contribution < -0.4 is 0 Å². The minimum Gasteiger partial charge on any atom is -0.691 e. The summed E-state index contributed by atoms with van der Waals surface area (Å²) in [5.74, 6) is 0. The summed E-state index contributed by atoms with van der Waals surface area (Å²) in [5, 5.41) is 0. The van der Waals surface area contributed by atoms with Crippen molar-refractivity contribution in [2.75, 3.05) is 14.2 Å². The maximum absolute atomic E-state index is 4.63. The smallest absolute Gasteiger partial charge is 0.691 e. The Morgan fingerprint density at radius 1 is 1.38 bits per heavy atom. The van der Waals surface area contributed by atoms with Crippen molar-refractivity contribution in [2.45, 2.75) is 0 Å². The van der Waals surface area contributed by atoms with Crippen molar-refractivity contribution in [1.82, 2.24) is 0 Å². The Kier molecular flexibility index (Phi) is 7.96. The van der Waals surface area contributed by atoms with Gasteiger partial charge in [-0.25, -0.2) is 0 Å². The molecule has 0 radical (unpaired) electrons. The summed E-state index contributed by atoms with van der Waals surface area (Å²) in [5.41, 5.74) is -2.24. The van der Waals surface area contributed by atoms with Crippen LogP contribution in [0.15, 0.2) is 0 Å². The first kappa shape index (κ1) is 12.1. The molecule has 0 saturated heterocycles. The molecule has 0 atom stereocenters. The third-order valence-corrected chi connectivity index (χ3v) is 3.13. The Balaban J connectivity index is 0. The van der Waals surface area contributed by atoms with E-state index in [2.05, 4.69) is 33.1 Å². The summed E-state index contributed by atoms with van der Waals surface area (Å²) in [7, 11) is 2.91. The minimum absolute atomic E-state index is 0. The van der Waals surface area contributed by atoms with Gasteiger partial charge in [-0.2, -0.15) is 0 Å². The van der Waals surface area contributed by atoms with Gasteiger partial charge in [0.1, 0.15) is 0 Å². The average molecular weight is 221 g/mol. The second-order valence-electron chi connectivity index (χ2n) is 0.812. The standard InChI is InChI=1S/C2H7O2PS2.Cu/c1-3-5(6,7)4-2;/h1-2H3,(H,6,7);/q;+1/p-1. The van der Waals surface area contributed by atoms with E-state index >= 15 is 0 Å². The summed E-state index contributed by atoms with van der Waals surface area (Å²) in [4.78, 5) is 0. The molecule has 0 aromatic rings. The van der Waals surface area contributed by atoms with E-state index in [1.54, 1.807) is 0 Å². The third kappa shape index (κ3) is 5.57. The maximum Gasteiger partial charge on any atom is 1.00 e. The molecule has 0 aliphatic heterocycles. The molecule has 0 aromatic carbocycles. The fourth-order valence-electron chi connectivity index (χ4n) is 0.0745. The van der Waals surface area contributed by atoms with Crippen LogP contribution in [0.4, 0.5) is 0 Å². The zero-order valence-electron chi connectivity index (χ0n) is 4.38. The molecule has 0 amide bonds. The molecule has 0 bridgehead atoms. The molecular weight excluding hydrogens is 215 g/mol. The molecule has 0 aliphatic rings. The first-order chi connectivity index (χ1) is 3.12. The van der Waals surface area contributed by atoms with Gasteiger partial charge in [-0.05, 0) is 0 Å². The topological polar surface area (TPSA) is 18.5 Å². The molecular formula is C2H6CuO2PS2. The molecule has 0 heterocycles. The fourth-order valence-corrected chi connectivity index (χ4v) is 0.224. The van der Waals surface area contributed by atoms with Crippen LogP contribution in [0.1, 0.15) is 0 Å². The van der Waals surface area contributed by atoms with Gasteiger partial charge >= 0.3 is 17.1 Å². The Morgan fingerprint density at radius 3 is 1.62 bits per heavy atom. The van der Waals surface area contributed by atoms with Gasteiger partial charge in [0.05, 0.1) is 5.69 Å².